The van der Waals surface area contributed by atoms with Crippen LogP contribution >= 0.6 is 11.6 Å². The smallest absolute Gasteiger partial charge is 0.337 e. The van der Waals surface area contributed by atoms with Crippen molar-refractivity contribution in [2.24, 2.45) is 0 Å². The third kappa shape index (κ3) is 4.18. The van der Waals surface area contributed by atoms with E-state index < -0.39 is 5.63 Å². The summed E-state index contributed by atoms with van der Waals surface area (Å²) in [5.41, 5.74) is 1.85. The lowest BCUT2D eigenvalue weighted by atomic mass is 10.2. The largest absolute Gasteiger partial charge is 0.489 e. The molecule has 0 amide bonds. The number of hydrogen-bond acceptors (Lipinski definition) is 4. The first-order valence-electron chi connectivity index (χ1n) is 8.80. The number of hydrogen-bond donors (Lipinski definition) is 0. The van der Waals surface area contributed by atoms with E-state index >= 15 is 0 Å². The minimum Gasteiger partial charge on any atom is -0.489 e. The van der Waals surface area contributed by atoms with E-state index in [0.717, 1.165) is 11.1 Å². The van der Waals surface area contributed by atoms with Crippen molar-refractivity contribution in [3.8, 4) is 11.5 Å². The van der Waals surface area contributed by atoms with E-state index in [1.54, 1.807) is 12.1 Å². The highest BCUT2D eigenvalue weighted by molar-refractivity contribution is 6.35. The SMILES string of the molecule is O=c1cc(Cl)c2c(OCc3ccccc3)cc(OCc3ccccc3)cc2o1. The molecule has 5 heteroatoms. The van der Waals surface area contributed by atoms with E-state index in [1.165, 1.54) is 6.07 Å². The van der Waals surface area contributed by atoms with E-state index in [0.29, 0.717) is 35.7 Å². The Bertz CT molecular complexity index is 1140. The van der Waals surface area contributed by atoms with E-state index in [1.807, 2.05) is 60.7 Å². The van der Waals surface area contributed by atoms with Crippen molar-refractivity contribution in [1.82, 2.24) is 0 Å². The zero-order chi connectivity index (χ0) is 19.3. The molecule has 0 unspecified atom stereocenters. The highest BCUT2D eigenvalue weighted by atomic mass is 35.5. The average molecular weight is 393 g/mol. The van der Waals surface area contributed by atoms with Gasteiger partial charge < -0.3 is 13.9 Å². The highest BCUT2D eigenvalue weighted by Gasteiger charge is 2.14. The van der Waals surface area contributed by atoms with Crippen LogP contribution in [0.3, 0.4) is 0 Å². The van der Waals surface area contributed by atoms with Gasteiger partial charge in [-0.2, -0.15) is 0 Å². The molecule has 0 N–H and O–H groups in total. The maximum Gasteiger partial charge on any atom is 0.337 e. The first-order valence-corrected chi connectivity index (χ1v) is 9.18. The summed E-state index contributed by atoms with van der Waals surface area (Å²) in [5, 5.41) is 0.827. The molecule has 0 atom stereocenters. The van der Waals surface area contributed by atoms with Gasteiger partial charge in [0, 0.05) is 18.2 Å². The van der Waals surface area contributed by atoms with Crippen molar-refractivity contribution in [1.29, 1.82) is 0 Å². The van der Waals surface area contributed by atoms with Gasteiger partial charge in [-0.3, -0.25) is 0 Å². The normalized spacial score (nSPS) is 10.8. The van der Waals surface area contributed by atoms with E-state index in [9.17, 15) is 4.79 Å². The molecule has 4 nitrogen and oxygen atoms in total. The third-order valence-electron chi connectivity index (χ3n) is 4.22. The molecule has 0 aliphatic carbocycles. The van der Waals surface area contributed by atoms with Crippen LogP contribution in [0.25, 0.3) is 11.0 Å². The van der Waals surface area contributed by atoms with Crippen LogP contribution in [0.1, 0.15) is 11.1 Å². The fraction of sp³-hybridized carbons (Fsp3) is 0.0870. The van der Waals surface area contributed by atoms with E-state index in [2.05, 4.69) is 0 Å². The van der Waals surface area contributed by atoms with Gasteiger partial charge in [0.2, 0.25) is 0 Å². The van der Waals surface area contributed by atoms with Crippen LogP contribution in [-0.4, -0.2) is 0 Å². The molecule has 0 spiro atoms. The minimum atomic E-state index is -0.522. The van der Waals surface area contributed by atoms with E-state index in [-0.39, 0.29) is 5.02 Å². The zero-order valence-electron chi connectivity index (χ0n) is 14.9. The van der Waals surface area contributed by atoms with E-state index in [4.69, 9.17) is 25.5 Å². The molecule has 3 aromatic carbocycles. The molecule has 0 bridgehead atoms. The Hall–Kier alpha value is -3.24. The second kappa shape index (κ2) is 8.19. The fourth-order valence-corrected chi connectivity index (χ4v) is 3.14. The monoisotopic (exact) mass is 392 g/mol. The maximum absolute atomic E-state index is 11.8. The van der Waals surface area contributed by atoms with Crippen molar-refractivity contribution in [2.45, 2.75) is 13.2 Å². The van der Waals surface area contributed by atoms with Crippen LogP contribution < -0.4 is 15.1 Å². The van der Waals surface area contributed by atoms with Crippen LogP contribution in [0.2, 0.25) is 5.02 Å². The first kappa shape index (κ1) is 18.1. The molecule has 1 heterocycles. The summed E-state index contributed by atoms with van der Waals surface area (Å²) in [6.07, 6.45) is 0. The van der Waals surface area contributed by atoms with Crippen molar-refractivity contribution in [2.75, 3.05) is 0 Å². The summed E-state index contributed by atoms with van der Waals surface area (Å²) in [6.45, 7) is 0.739. The number of rotatable bonds is 6. The Morgan fingerprint density at radius 2 is 1.39 bits per heavy atom. The van der Waals surface area contributed by atoms with Crippen LogP contribution in [0.4, 0.5) is 0 Å². The van der Waals surface area contributed by atoms with Gasteiger partial charge in [0.25, 0.3) is 0 Å². The lowest BCUT2D eigenvalue weighted by Gasteiger charge is -2.13. The zero-order valence-corrected chi connectivity index (χ0v) is 15.7. The fourth-order valence-electron chi connectivity index (χ4n) is 2.87. The van der Waals surface area contributed by atoms with Gasteiger partial charge in [-0.1, -0.05) is 72.3 Å². The van der Waals surface area contributed by atoms with Crippen molar-refractivity contribution in [3.63, 3.8) is 0 Å². The summed E-state index contributed by atoms with van der Waals surface area (Å²) < 4.78 is 17.2. The lowest BCUT2D eigenvalue weighted by Crippen LogP contribution is -2.01. The lowest BCUT2D eigenvalue weighted by molar-refractivity contribution is 0.292. The Kier molecular flexibility index (Phi) is 5.31. The third-order valence-corrected chi connectivity index (χ3v) is 4.52. The predicted molar refractivity (Wildman–Crippen MR) is 109 cm³/mol. The van der Waals surface area contributed by atoms with Gasteiger partial charge in [0.15, 0.2) is 0 Å². The maximum atomic E-state index is 11.8. The Balaban J connectivity index is 1.67. The molecule has 0 aliphatic rings. The summed E-state index contributed by atoms with van der Waals surface area (Å²) in [7, 11) is 0. The Morgan fingerprint density at radius 3 is 2.04 bits per heavy atom. The van der Waals surface area contributed by atoms with Crippen LogP contribution in [-0.2, 0) is 13.2 Å². The van der Waals surface area contributed by atoms with Crippen LogP contribution in [0.15, 0.2) is 88.1 Å². The molecule has 4 aromatic rings. The number of ether oxygens (including phenoxy) is 2. The number of fused-ring (bicyclic) bond motifs is 1. The molecule has 0 radical (unpaired) electrons. The molecule has 0 saturated heterocycles. The summed E-state index contributed by atoms with van der Waals surface area (Å²) >= 11 is 6.29. The number of halogens is 1. The molecule has 4 rings (SSSR count). The molecule has 28 heavy (non-hydrogen) atoms. The Morgan fingerprint density at radius 1 is 0.786 bits per heavy atom. The summed E-state index contributed by atoms with van der Waals surface area (Å²) in [6, 6.07) is 24.2. The van der Waals surface area contributed by atoms with Crippen LogP contribution in [0.5, 0.6) is 11.5 Å². The first-order chi connectivity index (χ1) is 13.7. The van der Waals surface area contributed by atoms with Gasteiger partial charge in [0.1, 0.15) is 30.3 Å². The molecule has 140 valence electrons. The topological polar surface area (TPSA) is 48.7 Å². The minimum absolute atomic E-state index is 0.281. The quantitative estimate of drug-likeness (QED) is 0.400. The standard InChI is InChI=1S/C23H17ClO4/c24-19-13-22(25)28-21-12-18(26-14-16-7-3-1-4-8-16)11-20(23(19)21)27-15-17-9-5-2-6-10-17/h1-13H,14-15H2. The van der Waals surface area contributed by atoms with Gasteiger partial charge in [0.05, 0.1) is 10.4 Å². The second-order valence-electron chi connectivity index (χ2n) is 6.26. The predicted octanol–water partition coefficient (Wildman–Crippen LogP) is 5.60. The molecular formula is C23H17ClO4. The summed E-state index contributed by atoms with van der Waals surface area (Å²) in [4.78, 5) is 11.8. The van der Waals surface area contributed by atoms with Crippen molar-refractivity contribution >= 4 is 22.6 Å². The molecule has 0 saturated carbocycles. The van der Waals surface area contributed by atoms with Gasteiger partial charge in [-0.15, -0.1) is 0 Å². The number of benzene rings is 3. The van der Waals surface area contributed by atoms with Crippen molar-refractivity contribution in [3.05, 3.63) is 105 Å². The van der Waals surface area contributed by atoms with Gasteiger partial charge in [-0.25, -0.2) is 4.79 Å². The second-order valence-corrected chi connectivity index (χ2v) is 6.66. The van der Waals surface area contributed by atoms with Crippen LogP contribution in [0, 0.1) is 0 Å². The highest BCUT2D eigenvalue weighted by Crippen LogP contribution is 2.36. The van der Waals surface area contributed by atoms with Gasteiger partial charge >= 0.3 is 5.63 Å². The molecule has 1 aromatic heterocycles. The molecule has 0 fully saturated rings. The van der Waals surface area contributed by atoms with Crippen molar-refractivity contribution < 1.29 is 13.9 Å². The van der Waals surface area contributed by atoms with Gasteiger partial charge in [-0.05, 0) is 11.1 Å². The summed E-state index contributed by atoms with van der Waals surface area (Å²) in [5.74, 6) is 1.03. The Labute approximate surface area is 166 Å². The molecular weight excluding hydrogens is 376 g/mol. The average Bonchev–Trinajstić information content (AvgIpc) is 2.71. The molecule has 0 aliphatic heterocycles.